The van der Waals surface area contributed by atoms with Crippen LogP contribution in [0.4, 0.5) is 4.79 Å². The third-order valence-electron chi connectivity index (χ3n) is 10.9. The lowest BCUT2D eigenvalue weighted by molar-refractivity contribution is -0.142. The summed E-state index contributed by atoms with van der Waals surface area (Å²) in [6.45, 7) is 10.7. The molecular formula is C38H52N6O9S. The molecule has 3 N–H and O–H groups in total. The molecule has 0 unspecified atom stereocenters. The van der Waals surface area contributed by atoms with Crippen LogP contribution in [0.3, 0.4) is 0 Å². The fourth-order valence-corrected chi connectivity index (χ4v) is 8.67. The van der Waals surface area contributed by atoms with Crippen molar-refractivity contribution in [3.63, 3.8) is 0 Å². The number of aromatic nitrogens is 2. The first-order valence-electron chi connectivity index (χ1n) is 18.7. The Hall–Kier alpha value is -4.47. The van der Waals surface area contributed by atoms with Crippen LogP contribution >= 0.6 is 0 Å². The number of rotatable bonds is 7. The lowest BCUT2D eigenvalue weighted by Gasteiger charge is -2.33. The van der Waals surface area contributed by atoms with Gasteiger partial charge in [-0.05, 0) is 90.2 Å². The first kappa shape index (κ1) is 39.2. The van der Waals surface area contributed by atoms with Crippen LogP contribution in [0.5, 0.6) is 11.6 Å². The summed E-state index contributed by atoms with van der Waals surface area (Å²) in [5, 5.41) is 5.68. The maximum absolute atomic E-state index is 14.7. The zero-order valence-corrected chi connectivity index (χ0v) is 32.8. The summed E-state index contributed by atoms with van der Waals surface area (Å²) in [7, 11) is -2.44. The Bertz CT molecular complexity index is 1940. The van der Waals surface area contributed by atoms with E-state index in [9.17, 15) is 27.6 Å². The van der Waals surface area contributed by atoms with Gasteiger partial charge in [0.05, 0.1) is 35.6 Å². The maximum Gasteiger partial charge on any atom is 0.408 e. The number of carbonyl (C=O) groups is 4. The second-order valence-electron chi connectivity index (χ2n) is 16.6. The van der Waals surface area contributed by atoms with E-state index in [0.717, 1.165) is 6.42 Å². The largest absolute Gasteiger partial charge is 0.497 e. The number of fused-ring (bicyclic) bond motifs is 3. The Balaban J connectivity index is 1.32. The Labute approximate surface area is 316 Å². The van der Waals surface area contributed by atoms with Crippen LogP contribution in [0, 0.1) is 17.8 Å². The fourth-order valence-electron chi connectivity index (χ4n) is 7.36. The first-order valence-corrected chi connectivity index (χ1v) is 20.1. The van der Waals surface area contributed by atoms with Crippen LogP contribution in [0.2, 0.25) is 0 Å². The minimum Gasteiger partial charge on any atom is -0.497 e. The molecule has 0 spiro atoms. The highest BCUT2D eigenvalue weighted by Gasteiger charge is 2.63. The lowest BCUT2D eigenvalue weighted by Crippen LogP contribution is -2.59. The molecular weight excluding hydrogens is 717 g/mol. The second kappa shape index (κ2) is 14.6. The third-order valence-corrected chi connectivity index (χ3v) is 13.1. The molecule has 294 valence electrons. The third kappa shape index (κ3) is 8.42. The zero-order valence-electron chi connectivity index (χ0n) is 32.0. The topological polar surface area (TPSA) is 195 Å². The fraction of sp³-hybridized carbons (Fsp3) is 0.632. The second-order valence-corrected chi connectivity index (χ2v) is 18.8. The molecule has 0 radical (unpaired) electrons. The van der Waals surface area contributed by atoms with Crippen molar-refractivity contribution in [3.05, 3.63) is 36.5 Å². The summed E-state index contributed by atoms with van der Waals surface area (Å²) >= 11 is 0. The number of methoxy groups -OCH3 is 1. The normalized spacial score (nSPS) is 30.4. The molecule has 3 heterocycles. The Morgan fingerprint density at radius 2 is 1.83 bits per heavy atom. The molecule has 2 aliphatic carbocycles. The molecule has 1 aromatic carbocycles. The summed E-state index contributed by atoms with van der Waals surface area (Å²) in [5.41, 5.74) is -1.21. The Kier molecular flexibility index (Phi) is 10.6. The van der Waals surface area contributed by atoms with Crippen molar-refractivity contribution in [2.45, 2.75) is 121 Å². The maximum atomic E-state index is 14.7. The van der Waals surface area contributed by atoms with Crippen molar-refractivity contribution >= 4 is 44.9 Å². The average Bonchev–Trinajstić information content (AvgIpc) is 3.97. The van der Waals surface area contributed by atoms with Crippen LogP contribution < -0.4 is 24.8 Å². The highest BCUT2D eigenvalue weighted by atomic mass is 32.2. The number of hydrogen-bond acceptors (Lipinski definition) is 11. The van der Waals surface area contributed by atoms with E-state index in [0.29, 0.717) is 42.5 Å². The van der Waals surface area contributed by atoms with Crippen LogP contribution in [0.15, 0.2) is 36.5 Å². The first-order chi connectivity index (χ1) is 25.3. The van der Waals surface area contributed by atoms with E-state index < -0.39 is 73.8 Å². The van der Waals surface area contributed by atoms with E-state index in [-0.39, 0.29) is 37.1 Å². The van der Waals surface area contributed by atoms with Gasteiger partial charge in [0.25, 0.3) is 5.91 Å². The average molecular weight is 769 g/mol. The van der Waals surface area contributed by atoms with Gasteiger partial charge in [0.15, 0.2) is 0 Å². The van der Waals surface area contributed by atoms with Gasteiger partial charge < -0.3 is 29.7 Å². The molecule has 4 amide bonds. The van der Waals surface area contributed by atoms with Gasteiger partial charge in [-0.3, -0.25) is 19.1 Å². The number of alkyl carbamates (subject to hydrolysis) is 1. The van der Waals surface area contributed by atoms with E-state index in [4.69, 9.17) is 14.2 Å². The van der Waals surface area contributed by atoms with E-state index in [1.165, 1.54) is 11.1 Å². The van der Waals surface area contributed by atoms with Gasteiger partial charge in [-0.15, -0.1) is 0 Å². The van der Waals surface area contributed by atoms with Crippen molar-refractivity contribution in [2.24, 2.45) is 17.8 Å². The van der Waals surface area contributed by atoms with Gasteiger partial charge in [0.2, 0.25) is 27.7 Å². The number of hydrogen-bond donors (Lipinski definition) is 3. The minimum atomic E-state index is -4.00. The minimum absolute atomic E-state index is 0.0262. The number of amides is 4. The monoisotopic (exact) mass is 768 g/mol. The summed E-state index contributed by atoms with van der Waals surface area (Å²) in [6.07, 6.45) is 6.91. The van der Waals surface area contributed by atoms with E-state index in [1.54, 1.807) is 53.0 Å². The molecule has 4 aliphatic rings. The van der Waals surface area contributed by atoms with Gasteiger partial charge in [-0.1, -0.05) is 26.0 Å². The smallest absolute Gasteiger partial charge is 0.408 e. The summed E-state index contributed by atoms with van der Waals surface area (Å²) in [4.78, 5) is 66.5. The molecule has 2 aliphatic heterocycles. The number of allylic oxidation sites excluding steroid dienone is 1. The predicted molar refractivity (Wildman–Crippen MR) is 199 cm³/mol. The molecule has 2 saturated carbocycles. The molecule has 54 heavy (non-hydrogen) atoms. The van der Waals surface area contributed by atoms with Crippen molar-refractivity contribution in [1.82, 2.24) is 30.2 Å². The number of sulfonamides is 1. The molecule has 7 atom stereocenters. The standard InChI is InChI=1S/C38H52N6O9S/c1-22-10-8-9-11-24-19-38(24,34(47)43-54(49,50)37(6)14-15-37)42-32(45)29-18-26(52-30-20-39-28-17-25(51-7)12-13-27(28)40-30)21-44(29)33(46)31(23(2)16-22)41-35(48)53-36(3,4)5/h9,11-13,17,20,22-24,26,29,31H,8,10,14-16,18-19,21H2,1-7H3,(H,41,48)(H,42,45)(H,43,47)/b11-9-/t22-,23-,24-,26-,29+,31+,38-/m1/s1. The SMILES string of the molecule is COc1ccc2nc(O[C@@H]3C[C@H]4C(=O)N[C@]5(C(=O)NS(=O)(=O)C6(C)CC6)C[C@H]5/C=C\CC[C@@H](C)C[C@@H](C)[C@H](NC(=O)OC(C)(C)C)C(=O)N4C3)cnc2c1. The number of nitrogens with one attached hydrogen (secondary N) is 3. The van der Waals surface area contributed by atoms with Gasteiger partial charge in [-0.25, -0.2) is 23.2 Å². The molecule has 6 rings (SSSR count). The number of benzene rings is 1. The van der Waals surface area contributed by atoms with Crippen molar-refractivity contribution in [2.75, 3.05) is 13.7 Å². The Morgan fingerprint density at radius 1 is 1.09 bits per heavy atom. The lowest BCUT2D eigenvalue weighted by atomic mass is 9.88. The summed E-state index contributed by atoms with van der Waals surface area (Å²) in [5.74, 6) is -1.80. The predicted octanol–water partition coefficient (Wildman–Crippen LogP) is 3.77. The number of carbonyl (C=O) groups excluding carboxylic acids is 4. The summed E-state index contributed by atoms with van der Waals surface area (Å²) < 4.78 is 44.6. The molecule has 16 heteroatoms. The molecule has 1 aromatic heterocycles. The Morgan fingerprint density at radius 3 is 2.52 bits per heavy atom. The highest BCUT2D eigenvalue weighted by Crippen LogP contribution is 2.47. The molecule has 0 bridgehead atoms. The van der Waals surface area contributed by atoms with Gasteiger partial charge in [-0.2, -0.15) is 0 Å². The van der Waals surface area contributed by atoms with Gasteiger partial charge in [0.1, 0.15) is 35.1 Å². The van der Waals surface area contributed by atoms with Gasteiger partial charge in [0, 0.05) is 18.4 Å². The highest BCUT2D eigenvalue weighted by molar-refractivity contribution is 7.91. The van der Waals surface area contributed by atoms with E-state index >= 15 is 0 Å². The zero-order chi connectivity index (χ0) is 39.2. The number of nitrogens with zero attached hydrogens (tertiary/aromatic N) is 3. The molecule has 2 aromatic rings. The van der Waals surface area contributed by atoms with Crippen LogP contribution in [0.1, 0.15) is 86.5 Å². The molecule has 15 nitrogen and oxygen atoms in total. The van der Waals surface area contributed by atoms with Crippen LogP contribution in [-0.2, 0) is 29.1 Å². The van der Waals surface area contributed by atoms with Crippen LogP contribution in [0.25, 0.3) is 11.0 Å². The molecule has 1 saturated heterocycles. The quantitative estimate of drug-likeness (QED) is 0.347. The van der Waals surface area contributed by atoms with Crippen molar-refractivity contribution in [1.29, 1.82) is 0 Å². The number of ether oxygens (including phenoxy) is 3. The summed E-state index contributed by atoms with van der Waals surface area (Å²) in [6, 6.07) is 3.05. The van der Waals surface area contributed by atoms with Crippen molar-refractivity contribution < 1.29 is 41.8 Å². The van der Waals surface area contributed by atoms with Crippen molar-refractivity contribution in [3.8, 4) is 11.6 Å². The molecule has 3 fully saturated rings. The van der Waals surface area contributed by atoms with E-state index in [1.807, 2.05) is 19.1 Å². The van der Waals surface area contributed by atoms with E-state index in [2.05, 4.69) is 32.2 Å². The van der Waals surface area contributed by atoms with Crippen LogP contribution in [-0.4, -0.2) is 94.8 Å². The van der Waals surface area contributed by atoms with Gasteiger partial charge >= 0.3 is 6.09 Å².